The van der Waals surface area contributed by atoms with Crippen LogP contribution in [0.4, 0.5) is 0 Å². The highest BCUT2D eigenvalue weighted by Crippen LogP contribution is 2.32. The molecule has 2 rings (SSSR count). The fourth-order valence-electron chi connectivity index (χ4n) is 3.36. The average Bonchev–Trinajstić information content (AvgIpc) is 2.34. The zero-order chi connectivity index (χ0) is 14.2. The van der Waals surface area contributed by atoms with E-state index in [9.17, 15) is 9.59 Å². The van der Waals surface area contributed by atoms with Gasteiger partial charge in [-0.15, -0.1) is 0 Å². The van der Waals surface area contributed by atoms with Crippen molar-refractivity contribution in [1.82, 2.24) is 10.2 Å². The average molecular weight is 266 g/mol. The summed E-state index contributed by atoms with van der Waals surface area (Å²) in [5, 5.41) is 2.85. The third-order valence-electron chi connectivity index (χ3n) is 4.61. The van der Waals surface area contributed by atoms with Crippen molar-refractivity contribution in [3.63, 3.8) is 0 Å². The Bertz CT molecular complexity index is 370. The second-order valence-electron chi connectivity index (χ2n) is 6.66. The highest BCUT2D eigenvalue weighted by atomic mass is 16.2. The molecule has 108 valence electrons. The highest BCUT2D eigenvalue weighted by molar-refractivity contribution is 5.99. The topological polar surface area (TPSA) is 49.4 Å². The van der Waals surface area contributed by atoms with E-state index in [1.807, 2.05) is 11.8 Å². The highest BCUT2D eigenvalue weighted by Gasteiger charge is 2.47. The molecular formula is C15H26N2O2. The number of piperazine rings is 1. The van der Waals surface area contributed by atoms with Gasteiger partial charge in [-0.25, -0.2) is 0 Å². The van der Waals surface area contributed by atoms with Crippen LogP contribution in [0.1, 0.15) is 59.8 Å². The predicted octanol–water partition coefficient (Wildman–Crippen LogP) is 2.08. The van der Waals surface area contributed by atoms with E-state index in [0.717, 1.165) is 31.6 Å². The number of nitrogens with one attached hydrogen (secondary N) is 1. The van der Waals surface area contributed by atoms with Gasteiger partial charge < -0.3 is 10.2 Å². The van der Waals surface area contributed by atoms with Crippen LogP contribution in [0.2, 0.25) is 0 Å². The summed E-state index contributed by atoms with van der Waals surface area (Å²) < 4.78 is 0. The molecule has 1 N–H and O–H groups in total. The van der Waals surface area contributed by atoms with Crippen molar-refractivity contribution in [3.8, 4) is 0 Å². The molecule has 1 saturated carbocycles. The summed E-state index contributed by atoms with van der Waals surface area (Å²) in [6.07, 6.45) is 5.08. The number of nitrogens with zero attached hydrogens (tertiary/aromatic N) is 1. The minimum atomic E-state index is -0.758. The SMILES string of the molecule is CCC1C(=O)NC(C)(C)C(=O)N1C1CCC(C)CC1. The standard InChI is InChI=1S/C15H26N2O2/c1-5-12-13(18)16-15(3,4)14(19)17(12)11-8-6-10(2)7-9-11/h10-12H,5-9H2,1-4H3,(H,16,18). The predicted molar refractivity (Wildman–Crippen MR) is 74.6 cm³/mol. The van der Waals surface area contributed by atoms with Crippen molar-refractivity contribution < 1.29 is 9.59 Å². The third-order valence-corrected chi connectivity index (χ3v) is 4.61. The summed E-state index contributed by atoms with van der Waals surface area (Å²) >= 11 is 0. The van der Waals surface area contributed by atoms with Gasteiger partial charge in [0.15, 0.2) is 0 Å². The van der Waals surface area contributed by atoms with Gasteiger partial charge in [-0.1, -0.05) is 13.8 Å². The van der Waals surface area contributed by atoms with E-state index in [0.29, 0.717) is 6.42 Å². The summed E-state index contributed by atoms with van der Waals surface area (Å²) in [6, 6.07) is -0.0297. The molecule has 2 amide bonds. The van der Waals surface area contributed by atoms with Crippen molar-refractivity contribution in [2.24, 2.45) is 5.92 Å². The third kappa shape index (κ3) is 2.63. The zero-order valence-electron chi connectivity index (χ0n) is 12.5. The van der Waals surface area contributed by atoms with E-state index < -0.39 is 5.54 Å². The van der Waals surface area contributed by atoms with E-state index >= 15 is 0 Å². The summed E-state index contributed by atoms with van der Waals surface area (Å²) in [5.41, 5.74) is -0.758. The second-order valence-corrected chi connectivity index (χ2v) is 6.66. The number of carbonyl (C=O) groups is 2. The first-order valence-corrected chi connectivity index (χ1v) is 7.51. The zero-order valence-corrected chi connectivity index (χ0v) is 12.5. The van der Waals surface area contributed by atoms with Crippen LogP contribution in [0.5, 0.6) is 0 Å². The monoisotopic (exact) mass is 266 g/mol. The number of hydrogen-bond acceptors (Lipinski definition) is 2. The van der Waals surface area contributed by atoms with Gasteiger partial charge in [-0.3, -0.25) is 9.59 Å². The molecule has 1 aliphatic carbocycles. The molecule has 0 radical (unpaired) electrons. The minimum Gasteiger partial charge on any atom is -0.340 e. The Morgan fingerprint density at radius 2 is 1.79 bits per heavy atom. The van der Waals surface area contributed by atoms with Crippen LogP contribution in [0, 0.1) is 5.92 Å². The number of rotatable bonds is 2. The Hall–Kier alpha value is -1.06. The quantitative estimate of drug-likeness (QED) is 0.832. The van der Waals surface area contributed by atoms with Gasteiger partial charge in [-0.05, 0) is 51.9 Å². The van der Waals surface area contributed by atoms with Crippen molar-refractivity contribution in [2.75, 3.05) is 0 Å². The molecule has 0 aromatic rings. The van der Waals surface area contributed by atoms with Crippen LogP contribution in [0.3, 0.4) is 0 Å². The molecule has 0 aromatic heterocycles. The van der Waals surface area contributed by atoms with Crippen LogP contribution < -0.4 is 5.32 Å². The summed E-state index contributed by atoms with van der Waals surface area (Å²) in [4.78, 5) is 26.7. The molecule has 0 aromatic carbocycles. The fourth-order valence-corrected chi connectivity index (χ4v) is 3.36. The molecular weight excluding hydrogens is 240 g/mol. The molecule has 0 spiro atoms. The molecule has 19 heavy (non-hydrogen) atoms. The number of carbonyl (C=O) groups excluding carboxylic acids is 2. The van der Waals surface area contributed by atoms with Crippen LogP contribution in [-0.4, -0.2) is 34.3 Å². The molecule has 2 aliphatic rings. The van der Waals surface area contributed by atoms with Gasteiger partial charge in [0.25, 0.3) is 0 Å². The molecule has 4 nitrogen and oxygen atoms in total. The van der Waals surface area contributed by atoms with Gasteiger partial charge >= 0.3 is 0 Å². The number of amides is 2. The van der Waals surface area contributed by atoms with E-state index in [2.05, 4.69) is 12.2 Å². The Kier molecular flexibility index (Phi) is 3.88. The molecule has 1 unspecified atom stereocenters. The molecule has 1 saturated heterocycles. The first-order chi connectivity index (χ1) is 8.86. The van der Waals surface area contributed by atoms with Crippen LogP contribution in [0.25, 0.3) is 0 Å². The summed E-state index contributed by atoms with van der Waals surface area (Å²) in [6.45, 7) is 7.85. The summed E-state index contributed by atoms with van der Waals surface area (Å²) in [7, 11) is 0. The minimum absolute atomic E-state index is 0.00530. The Labute approximate surface area is 115 Å². The maximum atomic E-state index is 12.7. The smallest absolute Gasteiger partial charge is 0.248 e. The lowest BCUT2D eigenvalue weighted by Gasteiger charge is -2.47. The lowest BCUT2D eigenvalue weighted by Crippen LogP contribution is -2.70. The van der Waals surface area contributed by atoms with Crippen molar-refractivity contribution >= 4 is 11.8 Å². The Morgan fingerprint density at radius 3 is 2.32 bits per heavy atom. The largest absolute Gasteiger partial charge is 0.340 e. The van der Waals surface area contributed by atoms with E-state index in [4.69, 9.17) is 0 Å². The Morgan fingerprint density at radius 1 is 1.21 bits per heavy atom. The van der Waals surface area contributed by atoms with Gasteiger partial charge in [0, 0.05) is 6.04 Å². The van der Waals surface area contributed by atoms with Crippen LogP contribution in [0.15, 0.2) is 0 Å². The van der Waals surface area contributed by atoms with Gasteiger partial charge in [0.1, 0.15) is 11.6 Å². The van der Waals surface area contributed by atoms with Crippen molar-refractivity contribution in [3.05, 3.63) is 0 Å². The molecule has 4 heteroatoms. The molecule has 0 bridgehead atoms. The maximum Gasteiger partial charge on any atom is 0.248 e. The lowest BCUT2D eigenvalue weighted by atomic mass is 9.84. The maximum absolute atomic E-state index is 12.7. The van der Waals surface area contributed by atoms with Crippen molar-refractivity contribution in [1.29, 1.82) is 0 Å². The fraction of sp³-hybridized carbons (Fsp3) is 0.867. The van der Waals surface area contributed by atoms with Gasteiger partial charge in [-0.2, -0.15) is 0 Å². The lowest BCUT2D eigenvalue weighted by molar-refractivity contribution is -0.157. The van der Waals surface area contributed by atoms with Gasteiger partial charge in [0.2, 0.25) is 11.8 Å². The van der Waals surface area contributed by atoms with Gasteiger partial charge in [0.05, 0.1) is 0 Å². The molecule has 1 aliphatic heterocycles. The normalized spacial score (nSPS) is 35.2. The molecule has 1 atom stereocenters. The first-order valence-electron chi connectivity index (χ1n) is 7.51. The second kappa shape index (κ2) is 5.14. The first kappa shape index (κ1) is 14.4. The van der Waals surface area contributed by atoms with Crippen LogP contribution in [-0.2, 0) is 9.59 Å². The van der Waals surface area contributed by atoms with E-state index in [1.54, 1.807) is 13.8 Å². The Balaban J connectivity index is 2.22. The van der Waals surface area contributed by atoms with E-state index in [1.165, 1.54) is 0 Å². The molecule has 1 heterocycles. The summed E-state index contributed by atoms with van der Waals surface area (Å²) in [5.74, 6) is 0.835. The van der Waals surface area contributed by atoms with Crippen LogP contribution >= 0.6 is 0 Å². The van der Waals surface area contributed by atoms with Crippen molar-refractivity contribution in [2.45, 2.75) is 77.4 Å². The number of hydrogen-bond donors (Lipinski definition) is 1. The molecule has 2 fully saturated rings. The van der Waals surface area contributed by atoms with E-state index in [-0.39, 0.29) is 23.9 Å².